The summed E-state index contributed by atoms with van der Waals surface area (Å²) in [6.45, 7) is 3.42. The zero-order valence-electron chi connectivity index (χ0n) is 10.1. The Morgan fingerprint density at radius 2 is 2.22 bits per heavy atom. The number of nitro groups is 1. The van der Waals surface area contributed by atoms with Crippen molar-refractivity contribution in [2.75, 3.05) is 6.61 Å². The van der Waals surface area contributed by atoms with Crippen LogP contribution in [0.25, 0.3) is 0 Å². The first-order chi connectivity index (χ1) is 8.51. The number of carbonyl (C=O) groups excluding carboxylic acids is 1. The van der Waals surface area contributed by atoms with E-state index in [0.717, 1.165) is 0 Å². The van der Waals surface area contributed by atoms with Crippen LogP contribution in [0, 0.1) is 28.4 Å². The van der Waals surface area contributed by atoms with Gasteiger partial charge in [-0.3, -0.25) is 14.9 Å². The predicted octanol–water partition coefficient (Wildman–Crippen LogP) is 1.88. The first kappa shape index (κ1) is 13.6. The number of hydrogen-bond acceptors (Lipinski definition) is 5. The maximum atomic E-state index is 11.4. The lowest BCUT2D eigenvalue weighted by molar-refractivity contribution is -0.385. The largest absolute Gasteiger partial charge is 0.466 e. The minimum Gasteiger partial charge on any atom is -0.466 e. The van der Waals surface area contributed by atoms with Gasteiger partial charge in [0.05, 0.1) is 29.6 Å². The van der Waals surface area contributed by atoms with Crippen LogP contribution in [0.4, 0.5) is 5.69 Å². The van der Waals surface area contributed by atoms with E-state index in [2.05, 4.69) is 0 Å². The topological polar surface area (TPSA) is 93.2 Å². The molecule has 0 atom stereocenters. The first-order valence-electron chi connectivity index (χ1n) is 5.33. The van der Waals surface area contributed by atoms with Crippen molar-refractivity contribution in [1.82, 2.24) is 0 Å². The Hall–Kier alpha value is -2.42. The van der Waals surface area contributed by atoms with E-state index in [1.807, 2.05) is 6.07 Å². The molecule has 1 aromatic rings. The van der Waals surface area contributed by atoms with Gasteiger partial charge in [-0.1, -0.05) is 0 Å². The van der Waals surface area contributed by atoms with E-state index in [9.17, 15) is 14.9 Å². The molecule has 0 heterocycles. The summed E-state index contributed by atoms with van der Waals surface area (Å²) in [5.74, 6) is -0.502. The number of rotatable bonds is 4. The fourth-order valence-corrected chi connectivity index (χ4v) is 1.63. The van der Waals surface area contributed by atoms with Crippen LogP contribution < -0.4 is 0 Å². The first-order valence-corrected chi connectivity index (χ1v) is 5.33. The predicted molar refractivity (Wildman–Crippen MR) is 62.9 cm³/mol. The van der Waals surface area contributed by atoms with Crippen LogP contribution in [-0.4, -0.2) is 17.5 Å². The van der Waals surface area contributed by atoms with Crippen LogP contribution in [0.1, 0.15) is 23.6 Å². The standard InChI is InChI=1S/C12H12N2O4/c1-3-18-12(15)6-10-8(2)11(14(16)17)5-4-9(10)7-13/h4-5H,3,6H2,1-2H3. The summed E-state index contributed by atoms with van der Waals surface area (Å²) in [6.07, 6.45) is -0.135. The number of nitro benzene ring substituents is 1. The lowest BCUT2D eigenvalue weighted by atomic mass is 9.98. The molecule has 0 aliphatic heterocycles. The molecule has 0 aromatic heterocycles. The monoisotopic (exact) mass is 248 g/mol. The third kappa shape index (κ3) is 2.83. The molecule has 0 saturated heterocycles. The second-order valence-corrected chi connectivity index (χ2v) is 3.59. The molecule has 0 aliphatic rings. The van der Waals surface area contributed by atoms with Gasteiger partial charge >= 0.3 is 5.97 Å². The SMILES string of the molecule is CCOC(=O)Cc1c(C#N)ccc([N+](=O)[O-])c1C. The fraction of sp³-hybridized carbons (Fsp3) is 0.333. The maximum Gasteiger partial charge on any atom is 0.310 e. The normalized spacial score (nSPS) is 9.61. The van der Waals surface area contributed by atoms with Crippen LogP contribution in [-0.2, 0) is 16.0 Å². The summed E-state index contributed by atoms with van der Waals surface area (Å²) in [6, 6.07) is 4.53. The third-order valence-electron chi connectivity index (χ3n) is 2.51. The molecule has 1 rings (SSSR count). The lowest BCUT2D eigenvalue weighted by Gasteiger charge is -2.08. The van der Waals surface area contributed by atoms with Crippen molar-refractivity contribution >= 4 is 11.7 Å². The molecule has 0 saturated carbocycles. The van der Waals surface area contributed by atoms with Crippen molar-refractivity contribution in [1.29, 1.82) is 5.26 Å². The van der Waals surface area contributed by atoms with Gasteiger partial charge in [0.25, 0.3) is 5.69 Å². The molecule has 0 unspecified atom stereocenters. The minimum absolute atomic E-state index is 0.103. The van der Waals surface area contributed by atoms with E-state index >= 15 is 0 Å². The van der Waals surface area contributed by atoms with E-state index in [-0.39, 0.29) is 24.3 Å². The molecular formula is C12H12N2O4. The van der Waals surface area contributed by atoms with Gasteiger partial charge in [0.2, 0.25) is 0 Å². The fourth-order valence-electron chi connectivity index (χ4n) is 1.63. The summed E-state index contributed by atoms with van der Waals surface area (Å²) in [5.41, 5.74) is 0.830. The molecule has 6 nitrogen and oxygen atoms in total. The van der Waals surface area contributed by atoms with Gasteiger partial charge in [0.15, 0.2) is 0 Å². The Balaban J connectivity index is 3.22. The third-order valence-corrected chi connectivity index (χ3v) is 2.51. The highest BCUT2D eigenvalue weighted by Crippen LogP contribution is 2.25. The quantitative estimate of drug-likeness (QED) is 0.460. The van der Waals surface area contributed by atoms with E-state index in [1.165, 1.54) is 19.1 Å². The van der Waals surface area contributed by atoms with E-state index in [1.54, 1.807) is 6.92 Å². The molecule has 0 aliphatic carbocycles. The van der Waals surface area contributed by atoms with Crippen LogP contribution in [0.2, 0.25) is 0 Å². The number of carbonyl (C=O) groups is 1. The second-order valence-electron chi connectivity index (χ2n) is 3.59. The molecule has 0 radical (unpaired) electrons. The van der Waals surface area contributed by atoms with Crippen molar-refractivity contribution in [2.45, 2.75) is 20.3 Å². The molecule has 18 heavy (non-hydrogen) atoms. The van der Waals surface area contributed by atoms with Crippen molar-refractivity contribution < 1.29 is 14.5 Å². The maximum absolute atomic E-state index is 11.4. The Morgan fingerprint density at radius 1 is 1.56 bits per heavy atom. The van der Waals surface area contributed by atoms with Crippen LogP contribution in [0.15, 0.2) is 12.1 Å². The van der Waals surface area contributed by atoms with Gasteiger partial charge in [-0.2, -0.15) is 5.26 Å². The van der Waals surface area contributed by atoms with Gasteiger partial charge in [0, 0.05) is 11.6 Å². The number of ether oxygens (including phenoxy) is 1. The highest BCUT2D eigenvalue weighted by atomic mass is 16.6. The number of nitrogens with zero attached hydrogens (tertiary/aromatic N) is 2. The molecule has 0 N–H and O–H groups in total. The van der Waals surface area contributed by atoms with Gasteiger partial charge < -0.3 is 4.74 Å². The Morgan fingerprint density at radius 3 is 2.72 bits per heavy atom. The zero-order valence-corrected chi connectivity index (χ0v) is 10.1. The van der Waals surface area contributed by atoms with E-state index in [4.69, 9.17) is 10.00 Å². The number of esters is 1. The Labute approximate surface area is 104 Å². The van der Waals surface area contributed by atoms with Crippen LogP contribution >= 0.6 is 0 Å². The van der Waals surface area contributed by atoms with Crippen molar-refractivity contribution in [3.8, 4) is 6.07 Å². The van der Waals surface area contributed by atoms with E-state index in [0.29, 0.717) is 11.1 Å². The molecule has 1 aromatic carbocycles. The van der Waals surface area contributed by atoms with Gasteiger partial charge in [0.1, 0.15) is 0 Å². The van der Waals surface area contributed by atoms with Crippen molar-refractivity contribution in [2.24, 2.45) is 0 Å². The molecule has 0 spiro atoms. The average Bonchev–Trinajstić information content (AvgIpc) is 2.31. The van der Waals surface area contributed by atoms with Gasteiger partial charge in [-0.15, -0.1) is 0 Å². The summed E-state index contributed by atoms with van der Waals surface area (Å²) >= 11 is 0. The van der Waals surface area contributed by atoms with E-state index < -0.39 is 10.9 Å². The highest BCUT2D eigenvalue weighted by molar-refractivity contribution is 5.75. The van der Waals surface area contributed by atoms with Crippen molar-refractivity contribution in [3.05, 3.63) is 38.9 Å². The Kier molecular flexibility index (Phi) is 4.38. The minimum atomic E-state index is -0.537. The number of benzene rings is 1. The second kappa shape index (κ2) is 5.77. The molecule has 94 valence electrons. The van der Waals surface area contributed by atoms with Crippen LogP contribution in [0.3, 0.4) is 0 Å². The lowest BCUT2D eigenvalue weighted by Crippen LogP contribution is -2.11. The van der Waals surface area contributed by atoms with Gasteiger partial charge in [-0.25, -0.2) is 0 Å². The average molecular weight is 248 g/mol. The van der Waals surface area contributed by atoms with Gasteiger partial charge in [-0.05, 0) is 25.5 Å². The Bertz CT molecular complexity index is 532. The summed E-state index contributed by atoms with van der Waals surface area (Å²) in [7, 11) is 0. The molecule has 0 fully saturated rings. The highest BCUT2D eigenvalue weighted by Gasteiger charge is 2.19. The molecular weight excluding hydrogens is 236 g/mol. The molecule has 0 amide bonds. The number of hydrogen-bond donors (Lipinski definition) is 0. The summed E-state index contributed by atoms with van der Waals surface area (Å²) in [4.78, 5) is 21.7. The zero-order chi connectivity index (χ0) is 13.7. The molecule has 0 bridgehead atoms. The molecule has 6 heteroatoms. The smallest absolute Gasteiger partial charge is 0.310 e. The summed E-state index contributed by atoms with van der Waals surface area (Å²) in [5, 5.41) is 19.7. The number of nitriles is 1. The van der Waals surface area contributed by atoms with Crippen molar-refractivity contribution in [3.63, 3.8) is 0 Å². The summed E-state index contributed by atoms with van der Waals surface area (Å²) < 4.78 is 4.78. The van der Waals surface area contributed by atoms with Crippen LogP contribution in [0.5, 0.6) is 0 Å².